The van der Waals surface area contributed by atoms with Crippen molar-refractivity contribution in [1.82, 2.24) is 10.9 Å². The number of carbonyl (C=O) groups excluding carboxylic acids is 2. The zero-order chi connectivity index (χ0) is 17.0. The molecule has 0 saturated carbocycles. The predicted molar refractivity (Wildman–Crippen MR) is 89.3 cm³/mol. The fourth-order valence-electron chi connectivity index (χ4n) is 1.90. The van der Waals surface area contributed by atoms with E-state index in [0.717, 1.165) is 0 Å². The highest BCUT2D eigenvalue weighted by atomic mass is 35.5. The summed E-state index contributed by atoms with van der Waals surface area (Å²) in [5, 5.41) is 0.750. The first-order chi connectivity index (χ1) is 10.9. The van der Waals surface area contributed by atoms with Crippen LogP contribution in [0, 0.1) is 13.8 Å². The molecule has 2 aromatic rings. The number of amides is 2. The smallest absolute Gasteiger partial charge is 0.273 e. The maximum atomic E-state index is 11.9. The van der Waals surface area contributed by atoms with Gasteiger partial charge < -0.3 is 4.42 Å². The lowest BCUT2D eigenvalue weighted by Gasteiger charge is -2.04. The standard InChI is InChI=1S/C16H14Cl2N2O3/c1-9-8-12(10(2)23-9)16(22)20-19-14(21)7-6-11-4-3-5-13(17)15(11)18/h3-8H,1-2H3,(H,19,21)(H,20,22)/b7-6+. The summed E-state index contributed by atoms with van der Waals surface area (Å²) in [7, 11) is 0. The van der Waals surface area contributed by atoms with Crippen LogP contribution < -0.4 is 10.9 Å². The number of hydrogen-bond donors (Lipinski definition) is 2. The molecule has 1 aromatic heterocycles. The molecule has 7 heteroatoms. The second-order valence-electron chi connectivity index (χ2n) is 4.75. The molecule has 1 heterocycles. The molecule has 23 heavy (non-hydrogen) atoms. The summed E-state index contributed by atoms with van der Waals surface area (Å²) < 4.78 is 5.26. The lowest BCUT2D eigenvalue weighted by molar-refractivity contribution is -0.117. The van der Waals surface area contributed by atoms with E-state index in [9.17, 15) is 9.59 Å². The minimum absolute atomic E-state index is 0.353. The Morgan fingerprint density at radius 1 is 1.17 bits per heavy atom. The average molecular weight is 353 g/mol. The van der Waals surface area contributed by atoms with Gasteiger partial charge in [-0.2, -0.15) is 0 Å². The summed E-state index contributed by atoms with van der Waals surface area (Å²) in [6.45, 7) is 3.41. The predicted octanol–water partition coefficient (Wildman–Crippen LogP) is 3.68. The average Bonchev–Trinajstić information content (AvgIpc) is 2.85. The number of hydrogen-bond acceptors (Lipinski definition) is 3. The molecule has 0 unspecified atom stereocenters. The van der Waals surface area contributed by atoms with Crippen LogP contribution in [0.1, 0.15) is 27.4 Å². The molecule has 5 nitrogen and oxygen atoms in total. The molecule has 120 valence electrons. The summed E-state index contributed by atoms with van der Waals surface area (Å²) in [4.78, 5) is 23.6. The molecule has 0 aliphatic rings. The molecule has 0 bridgehead atoms. The van der Waals surface area contributed by atoms with Gasteiger partial charge in [-0.15, -0.1) is 0 Å². The molecule has 2 amide bonds. The fourth-order valence-corrected chi connectivity index (χ4v) is 2.27. The molecule has 0 atom stereocenters. The van der Waals surface area contributed by atoms with Crippen LogP contribution >= 0.6 is 23.2 Å². The van der Waals surface area contributed by atoms with E-state index >= 15 is 0 Å². The van der Waals surface area contributed by atoms with Crippen molar-refractivity contribution in [3.8, 4) is 0 Å². The third-order valence-corrected chi connectivity index (χ3v) is 3.81. The van der Waals surface area contributed by atoms with E-state index in [-0.39, 0.29) is 0 Å². The number of nitrogens with one attached hydrogen (secondary N) is 2. The minimum atomic E-state index is -0.507. The second kappa shape index (κ2) is 7.35. The fraction of sp³-hybridized carbons (Fsp3) is 0.125. The monoisotopic (exact) mass is 352 g/mol. The van der Waals surface area contributed by atoms with Gasteiger partial charge in [0, 0.05) is 6.08 Å². The van der Waals surface area contributed by atoms with Crippen molar-refractivity contribution in [2.24, 2.45) is 0 Å². The van der Waals surface area contributed by atoms with E-state index in [1.165, 1.54) is 12.2 Å². The molecule has 1 aromatic carbocycles. The summed E-state index contributed by atoms with van der Waals surface area (Å²) in [5.41, 5.74) is 5.55. The molecule has 0 saturated heterocycles. The van der Waals surface area contributed by atoms with Gasteiger partial charge in [0.2, 0.25) is 0 Å². The Labute approximate surface area is 143 Å². The van der Waals surface area contributed by atoms with E-state index in [0.29, 0.717) is 32.7 Å². The van der Waals surface area contributed by atoms with E-state index in [4.69, 9.17) is 27.6 Å². The van der Waals surface area contributed by atoms with Crippen molar-refractivity contribution >= 4 is 41.1 Å². The van der Waals surface area contributed by atoms with Crippen molar-refractivity contribution in [3.63, 3.8) is 0 Å². The van der Waals surface area contributed by atoms with E-state index in [1.54, 1.807) is 38.1 Å². The van der Waals surface area contributed by atoms with Crippen LogP contribution in [0.5, 0.6) is 0 Å². The molecule has 2 N–H and O–H groups in total. The molecule has 0 aliphatic carbocycles. The SMILES string of the molecule is Cc1cc(C(=O)NNC(=O)/C=C/c2cccc(Cl)c2Cl)c(C)o1. The molecule has 0 fully saturated rings. The molecule has 0 radical (unpaired) electrons. The Morgan fingerprint density at radius 3 is 2.57 bits per heavy atom. The number of carbonyl (C=O) groups is 2. The maximum absolute atomic E-state index is 11.9. The highest BCUT2D eigenvalue weighted by Crippen LogP contribution is 2.26. The van der Waals surface area contributed by atoms with Gasteiger partial charge >= 0.3 is 0 Å². The zero-order valence-electron chi connectivity index (χ0n) is 12.4. The van der Waals surface area contributed by atoms with Crippen LogP contribution in [-0.2, 0) is 4.79 Å². The van der Waals surface area contributed by atoms with Crippen molar-refractivity contribution in [1.29, 1.82) is 0 Å². The first-order valence-corrected chi connectivity index (χ1v) is 7.43. The van der Waals surface area contributed by atoms with Crippen LogP contribution in [0.3, 0.4) is 0 Å². The Morgan fingerprint density at radius 2 is 1.91 bits per heavy atom. The topological polar surface area (TPSA) is 71.3 Å². The van der Waals surface area contributed by atoms with E-state index < -0.39 is 11.8 Å². The largest absolute Gasteiger partial charge is 0.466 e. The van der Waals surface area contributed by atoms with Crippen molar-refractivity contribution in [3.05, 3.63) is 63.0 Å². The van der Waals surface area contributed by atoms with Gasteiger partial charge in [0.15, 0.2) is 0 Å². The minimum Gasteiger partial charge on any atom is -0.466 e. The van der Waals surface area contributed by atoms with Crippen LogP contribution in [0.25, 0.3) is 6.08 Å². The Balaban J connectivity index is 1.95. The lowest BCUT2D eigenvalue weighted by atomic mass is 10.2. The third-order valence-electron chi connectivity index (χ3n) is 2.98. The molecular formula is C16H14Cl2N2O3. The number of benzene rings is 1. The highest BCUT2D eigenvalue weighted by Gasteiger charge is 2.13. The number of hydrazine groups is 1. The van der Waals surface area contributed by atoms with Gasteiger partial charge in [-0.1, -0.05) is 35.3 Å². The van der Waals surface area contributed by atoms with Crippen LogP contribution in [0.15, 0.2) is 34.8 Å². The van der Waals surface area contributed by atoms with E-state index in [1.807, 2.05) is 0 Å². The van der Waals surface area contributed by atoms with Gasteiger partial charge in [-0.05, 0) is 37.6 Å². The first-order valence-electron chi connectivity index (χ1n) is 6.68. The van der Waals surface area contributed by atoms with Gasteiger partial charge in [0.25, 0.3) is 11.8 Å². The van der Waals surface area contributed by atoms with Crippen molar-refractivity contribution in [2.45, 2.75) is 13.8 Å². The molecule has 0 aliphatic heterocycles. The Bertz CT molecular complexity index is 782. The van der Waals surface area contributed by atoms with Gasteiger partial charge in [0.05, 0.1) is 15.6 Å². The first kappa shape index (κ1) is 17.1. The van der Waals surface area contributed by atoms with Crippen LogP contribution in [0.2, 0.25) is 10.0 Å². The molecule has 0 spiro atoms. The Hall–Kier alpha value is -2.24. The molecule has 2 rings (SSSR count). The van der Waals surface area contributed by atoms with Gasteiger partial charge in [0.1, 0.15) is 11.5 Å². The van der Waals surface area contributed by atoms with Crippen molar-refractivity contribution in [2.75, 3.05) is 0 Å². The number of furan rings is 1. The summed E-state index contributed by atoms with van der Waals surface area (Å²) in [6.07, 6.45) is 2.74. The number of halogens is 2. The van der Waals surface area contributed by atoms with Gasteiger partial charge in [-0.3, -0.25) is 20.4 Å². The summed E-state index contributed by atoms with van der Waals surface area (Å²) >= 11 is 11.9. The zero-order valence-corrected chi connectivity index (χ0v) is 14.0. The van der Waals surface area contributed by atoms with E-state index in [2.05, 4.69) is 10.9 Å². The molecular weight excluding hydrogens is 339 g/mol. The van der Waals surface area contributed by atoms with Crippen LogP contribution in [-0.4, -0.2) is 11.8 Å². The quantitative estimate of drug-likeness (QED) is 0.653. The Kier molecular flexibility index (Phi) is 5.47. The van der Waals surface area contributed by atoms with Crippen molar-refractivity contribution < 1.29 is 14.0 Å². The third kappa shape index (κ3) is 4.37. The van der Waals surface area contributed by atoms with Gasteiger partial charge in [-0.25, -0.2) is 0 Å². The number of rotatable bonds is 3. The summed E-state index contributed by atoms with van der Waals surface area (Å²) in [6, 6.07) is 6.68. The van der Waals surface area contributed by atoms with Crippen LogP contribution in [0.4, 0.5) is 0 Å². The number of aryl methyl sites for hydroxylation is 2. The summed E-state index contributed by atoms with van der Waals surface area (Å²) in [5.74, 6) is 0.138. The highest BCUT2D eigenvalue weighted by molar-refractivity contribution is 6.42. The lowest BCUT2D eigenvalue weighted by Crippen LogP contribution is -2.40. The second-order valence-corrected chi connectivity index (χ2v) is 5.53. The maximum Gasteiger partial charge on any atom is 0.273 e. The normalized spacial score (nSPS) is 10.8.